The van der Waals surface area contributed by atoms with Crippen molar-refractivity contribution in [1.29, 1.82) is 0 Å². The number of carbonyl (C=O) groups excluding carboxylic acids is 2. The summed E-state index contributed by atoms with van der Waals surface area (Å²) in [5.41, 5.74) is 0. The minimum atomic E-state index is -3.34. The molecule has 2 atom stereocenters. The predicted octanol–water partition coefficient (Wildman–Crippen LogP) is 3.83. The molecule has 0 spiro atoms. The van der Waals surface area contributed by atoms with Gasteiger partial charge in [-0.2, -0.15) is 0 Å². The summed E-state index contributed by atoms with van der Waals surface area (Å²) < 4.78 is 25.9. The van der Waals surface area contributed by atoms with Gasteiger partial charge in [0.1, 0.15) is 6.04 Å². The van der Waals surface area contributed by atoms with Crippen LogP contribution in [-0.4, -0.2) is 55.5 Å². The van der Waals surface area contributed by atoms with E-state index in [0.717, 1.165) is 37.4 Å². The molecule has 0 N–H and O–H groups in total. The molecule has 0 aromatic carbocycles. The van der Waals surface area contributed by atoms with Crippen molar-refractivity contribution in [2.75, 3.05) is 19.8 Å². The van der Waals surface area contributed by atoms with Crippen molar-refractivity contribution in [1.82, 2.24) is 4.57 Å². The Morgan fingerprint density at radius 2 is 1.89 bits per heavy atom. The van der Waals surface area contributed by atoms with E-state index in [1.165, 1.54) is 12.8 Å². The van der Waals surface area contributed by atoms with E-state index in [2.05, 4.69) is 6.92 Å². The summed E-state index contributed by atoms with van der Waals surface area (Å²) in [6.45, 7) is 9.01. The number of hydrogen-bond acceptors (Lipinski definition) is 8. The molecule has 0 aliphatic carbocycles. The lowest BCUT2D eigenvalue weighted by Crippen LogP contribution is -2.64. The number of unbranched alkanes of at least 4 members (excludes halogenated alkanes) is 4. The van der Waals surface area contributed by atoms with Gasteiger partial charge >= 0.3 is 14.9 Å². The Labute approximate surface area is 174 Å². The van der Waals surface area contributed by atoms with E-state index in [4.69, 9.17) is 18.0 Å². The molecule has 9 heteroatoms. The van der Waals surface area contributed by atoms with Gasteiger partial charge in [0, 0.05) is 26.6 Å². The molecule has 2 rings (SSSR count). The largest absolute Gasteiger partial charge is 0.603 e. The maximum absolute atomic E-state index is 12.8. The number of cyclic esters (lactones) is 1. The van der Waals surface area contributed by atoms with Crippen LogP contribution in [0.2, 0.25) is 0 Å². The first kappa shape index (κ1) is 23.8. The maximum atomic E-state index is 12.8. The van der Waals surface area contributed by atoms with Crippen molar-refractivity contribution in [3.8, 4) is 0 Å². The lowest BCUT2D eigenvalue weighted by atomic mass is 10.1. The van der Waals surface area contributed by atoms with Gasteiger partial charge in [-0.05, 0) is 51.4 Å². The summed E-state index contributed by atoms with van der Waals surface area (Å²) in [4.78, 5) is 25.3. The number of thioether (sulfide) groups is 1. The van der Waals surface area contributed by atoms with Gasteiger partial charge in [0.25, 0.3) is 5.12 Å². The van der Waals surface area contributed by atoms with Crippen LogP contribution in [0.5, 0.6) is 0 Å². The fourth-order valence-electron chi connectivity index (χ4n) is 3.71. The fourth-order valence-corrected chi connectivity index (χ4v) is 7.91. The molecule has 28 heavy (non-hydrogen) atoms. The highest BCUT2D eigenvalue weighted by Gasteiger charge is 2.62. The van der Waals surface area contributed by atoms with Crippen molar-refractivity contribution in [3.05, 3.63) is 0 Å². The van der Waals surface area contributed by atoms with Crippen LogP contribution in [0.25, 0.3) is 0 Å². The molecule has 0 bridgehead atoms. The van der Waals surface area contributed by atoms with Crippen molar-refractivity contribution in [2.45, 2.75) is 90.2 Å². The molecule has 2 aliphatic rings. The third-order valence-corrected chi connectivity index (χ3v) is 9.22. The number of hydrogen-bond donors (Lipinski definition) is 0. The number of esters is 1. The molecule has 1 unspecified atom stereocenters. The second-order valence-corrected chi connectivity index (χ2v) is 11.1. The first-order chi connectivity index (χ1) is 13.4. The molecule has 0 aromatic heterocycles. The quantitative estimate of drug-likeness (QED) is 0.276. The van der Waals surface area contributed by atoms with E-state index in [0.29, 0.717) is 32.6 Å². The molecule has 0 aromatic rings. The zero-order valence-corrected chi connectivity index (χ0v) is 19.5. The summed E-state index contributed by atoms with van der Waals surface area (Å²) in [7, 11) is -3.34. The second kappa shape index (κ2) is 11.1. The topological polar surface area (TPSA) is 74.3 Å². The predicted molar refractivity (Wildman–Crippen MR) is 110 cm³/mol. The molecule has 0 radical (unpaired) electrons. The van der Waals surface area contributed by atoms with E-state index >= 15 is 0 Å². The Bertz CT molecular complexity index is 531. The highest BCUT2D eigenvalue weighted by atomic mass is 32.2. The van der Waals surface area contributed by atoms with Gasteiger partial charge in [0.15, 0.2) is 5.12 Å². The SMILES string of the molecule is CCCCCCCC(=O)SC1(C)OC(=O)[C@@H]2CCCN2[Si](OCC)(OCC)O1. The molecular weight excluding hydrogens is 398 g/mol. The normalized spacial score (nSPS) is 27.3. The van der Waals surface area contributed by atoms with Gasteiger partial charge in [-0.15, -0.1) is 0 Å². The first-order valence-electron chi connectivity index (χ1n) is 10.6. The molecule has 2 heterocycles. The Kier molecular flexibility index (Phi) is 9.43. The fraction of sp³-hybridized carbons (Fsp3) is 0.895. The van der Waals surface area contributed by atoms with E-state index in [9.17, 15) is 9.59 Å². The Morgan fingerprint density at radius 3 is 2.54 bits per heavy atom. The lowest BCUT2D eigenvalue weighted by molar-refractivity contribution is -0.172. The van der Waals surface area contributed by atoms with Crippen LogP contribution < -0.4 is 0 Å². The molecule has 7 nitrogen and oxygen atoms in total. The lowest BCUT2D eigenvalue weighted by Gasteiger charge is -2.38. The zero-order valence-electron chi connectivity index (χ0n) is 17.7. The number of fused-ring (bicyclic) bond motifs is 1. The smallest absolute Gasteiger partial charge is 0.423 e. The Hall–Kier alpha value is -0.453. The van der Waals surface area contributed by atoms with Gasteiger partial charge in [0.2, 0.25) is 0 Å². The molecule has 0 saturated carbocycles. The molecule has 2 saturated heterocycles. The number of carbonyl (C=O) groups is 2. The maximum Gasteiger partial charge on any atom is 0.603 e. The van der Waals surface area contributed by atoms with E-state index in [-0.39, 0.29) is 11.1 Å². The van der Waals surface area contributed by atoms with Crippen molar-refractivity contribution >= 4 is 31.8 Å². The summed E-state index contributed by atoms with van der Waals surface area (Å²) in [5, 5.41) is -1.47. The van der Waals surface area contributed by atoms with E-state index in [1.54, 1.807) is 6.92 Å². The summed E-state index contributed by atoms with van der Waals surface area (Å²) >= 11 is 0.940. The number of nitrogens with zero attached hydrogens (tertiary/aromatic N) is 1. The highest BCUT2D eigenvalue weighted by molar-refractivity contribution is 8.14. The molecule has 0 amide bonds. The molecule has 162 valence electrons. The van der Waals surface area contributed by atoms with Crippen LogP contribution in [0.4, 0.5) is 0 Å². The van der Waals surface area contributed by atoms with Crippen molar-refractivity contribution in [2.24, 2.45) is 0 Å². The van der Waals surface area contributed by atoms with Gasteiger partial charge in [-0.25, -0.2) is 4.57 Å². The Morgan fingerprint density at radius 1 is 1.21 bits per heavy atom. The monoisotopic (exact) mass is 433 g/mol. The van der Waals surface area contributed by atoms with E-state index < -0.39 is 20.1 Å². The number of ether oxygens (including phenoxy) is 1. The molecule has 2 aliphatic heterocycles. The first-order valence-corrected chi connectivity index (χ1v) is 13.1. The molecular formula is C19H35NO6SSi. The third kappa shape index (κ3) is 6.02. The van der Waals surface area contributed by atoms with Crippen LogP contribution in [0, 0.1) is 0 Å². The van der Waals surface area contributed by atoms with Crippen LogP contribution >= 0.6 is 11.8 Å². The Balaban J connectivity index is 2.11. The van der Waals surface area contributed by atoms with Gasteiger partial charge < -0.3 is 18.0 Å². The van der Waals surface area contributed by atoms with Crippen LogP contribution in [0.15, 0.2) is 0 Å². The summed E-state index contributed by atoms with van der Waals surface area (Å²) in [6, 6.07) is -0.434. The number of rotatable bonds is 11. The third-order valence-electron chi connectivity index (χ3n) is 4.91. The van der Waals surface area contributed by atoms with Crippen molar-refractivity contribution in [3.63, 3.8) is 0 Å². The van der Waals surface area contributed by atoms with Gasteiger partial charge in [-0.1, -0.05) is 32.6 Å². The van der Waals surface area contributed by atoms with E-state index in [1.807, 2.05) is 18.4 Å². The average Bonchev–Trinajstić information content (AvgIpc) is 3.09. The second-order valence-electron chi connectivity index (χ2n) is 7.27. The van der Waals surface area contributed by atoms with Crippen LogP contribution in [0.1, 0.15) is 79.1 Å². The van der Waals surface area contributed by atoms with Gasteiger partial charge in [0.05, 0.1) is 0 Å². The summed E-state index contributed by atoms with van der Waals surface area (Å²) in [5.74, 6) is -0.364. The van der Waals surface area contributed by atoms with Crippen LogP contribution in [-0.2, 0) is 27.6 Å². The van der Waals surface area contributed by atoms with Crippen molar-refractivity contribution < 1.29 is 27.6 Å². The minimum Gasteiger partial charge on any atom is -0.423 e. The average molecular weight is 434 g/mol. The molecule has 2 fully saturated rings. The highest BCUT2D eigenvalue weighted by Crippen LogP contribution is 2.41. The zero-order chi connectivity index (χ0) is 20.6. The standard InChI is InChI=1S/C19H35NO6SSi/c1-5-8-9-10-11-14-17(21)27-19(4)25-18(22)16-13-12-15-20(16)28(26-19,23-6-2)24-7-3/h16H,5-15H2,1-4H3/t16-,19?/m0/s1. The summed E-state index contributed by atoms with van der Waals surface area (Å²) in [6.07, 6.45) is 7.35. The van der Waals surface area contributed by atoms with Gasteiger partial charge in [-0.3, -0.25) is 9.59 Å². The minimum absolute atomic E-state index is 0.0373. The van der Waals surface area contributed by atoms with Crippen LogP contribution in [0.3, 0.4) is 0 Å².